The third-order valence-corrected chi connectivity index (χ3v) is 10.3. The minimum absolute atomic E-state index is 0.0162. The number of aliphatic imine (C=N–C) groups is 1. The second-order valence-corrected chi connectivity index (χ2v) is 14.2. The van der Waals surface area contributed by atoms with Crippen LogP contribution in [0.4, 0.5) is 11.4 Å². The first-order valence-electron chi connectivity index (χ1n) is 20.3. The summed E-state index contributed by atoms with van der Waals surface area (Å²) in [5.41, 5.74) is 10.9. The van der Waals surface area contributed by atoms with Gasteiger partial charge in [0.05, 0.1) is 69.3 Å². The summed E-state index contributed by atoms with van der Waals surface area (Å²) in [6.07, 6.45) is 25.9. The van der Waals surface area contributed by atoms with Crippen LogP contribution in [0.5, 0.6) is 0 Å². The fourth-order valence-electron chi connectivity index (χ4n) is 7.27. The van der Waals surface area contributed by atoms with E-state index >= 15 is 0 Å². The number of anilines is 2. The maximum atomic E-state index is 5.17. The van der Waals surface area contributed by atoms with E-state index in [4.69, 9.17) is 9.97 Å². The number of allylic oxidation sites excluding steroid dienone is 7. The Morgan fingerprint density at radius 2 is 1.71 bits per heavy atom. The molecule has 300 valence electrons. The van der Waals surface area contributed by atoms with Gasteiger partial charge in [-0.2, -0.15) is 0 Å². The van der Waals surface area contributed by atoms with Crippen molar-refractivity contribution in [3.05, 3.63) is 199 Å². The summed E-state index contributed by atoms with van der Waals surface area (Å²) in [5.74, 6) is 0.855. The normalized spacial score (nSPS) is 16.8. The van der Waals surface area contributed by atoms with Gasteiger partial charge in [-0.25, -0.2) is 9.97 Å². The number of hydrogen-bond donors (Lipinski definition) is 4. The molecule has 5 aromatic rings. The highest BCUT2D eigenvalue weighted by molar-refractivity contribution is 6.07. The van der Waals surface area contributed by atoms with Gasteiger partial charge in [-0.3, -0.25) is 14.9 Å². The first-order chi connectivity index (χ1) is 28.9. The van der Waals surface area contributed by atoms with Gasteiger partial charge in [0.25, 0.3) is 0 Å². The highest BCUT2D eigenvalue weighted by Crippen LogP contribution is 2.30. The zero-order valence-electron chi connectivity index (χ0n) is 34.9. The maximum absolute atomic E-state index is 5.17. The van der Waals surface area contributed by atoms with E-state index in [0.717, 1.165) is 75.3 Å². The third-order valence-electron chi connectivity index (χ3n) is 10.3. The van der Waals surface area contributed by atoms with Crippen molar-refractivity contribution in [1.82, 2.24) is 25.2 Å². The maximum Gasteiger partial charge on any atom is 0.138 e. The summed E-state index contributed by atoms with van der Waals surface area (Å²) in [5, 5.41) is 15.8. The number of benzene rings is 2. The number of nitrogens with one attached hydrogen (secondary N) is 4. The van der Waals surface area contributed by atoms with E-state index in [2.05, 4.69) is 149 Å². The molecule has 0 amide bonds. The number of fused-ring (bicyclic) bond motifs is 1. The van der Waals surface area contributed by atoms with Crippen LogP contribution >= 0.6 is 0 Å². The summed E-state index contributed by atoms with van der Waals surface area (Å²) in [6, 6.07) is 29.0. The molecule has 0 saturated heterocycles. The lowest BCUT2D eigenvalue weighted by molar-refractivity contribution is 0.482. The Morgan fingerprint density at radius 1 is 0.932 bits per heavy atom. The number of hydrogen-bond acceptors (Lipinski definition) is 7. The zero-order chi connectivity index (χ0) is 41.6. The lowest BCUT2D eigenvalue weighted by atomic mass is 10.0. The van der Waals surface area contributed by atoms with Gasteiger partial charge in [0.15, 0.2) is 0 Å². The number of para-hydroxylation sites is 3. The van der Waals surface area contributed by atoms with Gasteiger partial charge in [0, 0.05) is 18.6 Å². The minimum Gasteiger partial charge on any atom is -0.377 e. The molecule has 0 aliphatic carbocycles. The molecule has 3 atom stereocenters. The molecule has 4 N–H and O–H groups in total. The highest BCUT2D eigenvalue weighted by Gasteiger charge is 2.21. The molecule has 8 nitrogen and oxygen atoms in total. The predicted molar refractivity (Wildman–Crippen MR) is 252 cm³/mol. The molecule has 3 unspecified atom stereocenters. The minimum atomic E-state index is -0.0719. The smallest absolute Gasteiger partial charge is 0.138 e. The lowest BCUT2D eigenvalue weighted by Gasteiger charge is -2.29. The first kappa shape index (κ1) is 41.9. The topological polar surface area (TPSA) is 91.2 Å². The van der Waals surface area contributed by atoms with Gasteiger partial charge in [-0.05, 0) is 105 Å². The summed E-state index contributed by atoms with van der Waals surface area (Å²) in [7, 11) is 1.80. The van der Waals surface area contributed by atoms with Crippen LogP contribution in [0.1, 0.15) is 68.0 Å². The van der Waals surface area contributed by atoms with E-state index in [-0.39, 0.29) is 18.2 Å². The number of pyridine rings is 2. The van der Waals surface area contributed by atoms with Gasteiger partial charge in [-0.15, -0.1) is 0 Å². The summed E-state index contributed by atoms with van der Waals surface area (Å²) in [4.78, 5) is 14.5. The van der Waals surface area contributed by atoms with E-state index in [9.17, 15) is 0 Å². The van der Waals surface area contributed by atoms with Gasteiger partial charge in [0.2, 0.25) is 0 Å². The van der Waals surface area contributed by atoms with Gasteiger partial charge >= 0.3 is 0 Å². The number of nitrogens with zero attached hydrogens (tertiary/aromatic N) is 4. The second kappa shape index (κ2) is 20.6. The molecule has 4 heterocycles. The van der Waals surface area contributed by atoms with E-state index in [1.165, 1.54) is 10.9 Å². The Bertz CT molecular complexity index is 2470. The predicted octanol–water partition coefficient (Wildman–Crippen LogP) is 11.4. The number of aromatic nitrogens is 3. The molecule has 0 bridgehead atoms. The fourth-order valence-corrected chi connectivity index (χ4v) is 7.27. The third kappa shape index (κ3) is 10.2. The molecule has 59 heavy (non-hydrogen) atoms. The van der Waals surface area contributed by atoms with Gasteiger partial charge in [-0.1, -0.05) is 111 Å². The standard InChI is InChI=1S/C51H56N8/c1-8-12-31-48-37(6)38-24-13-16-32-49(38)59(48)51-34-21-30-43(58-51)40(11-4)54-39(10-3)36(5)23-17-18-35-53-42-25-14-15-26-45(42)56-50-33-20-29-47(57-50)46-28-19-27-44(55-46)41(52-7)22-9-2/h8-9,11-28,30-35,39,47,50,53-54,56-57H,1,5,10,29H2,2-4,6-7H3/b22-9-,23-17-,31-12-,35-18+,40-11-,52-41+. The van der Waals surface area contributed by atoms with Crippen molar-refractivity contribution < 1.29 is 0 Å². The van der Waals surface area contributed by atoms with Crippen LogP contribution < -0.4 is 21.3 Å². The Labute approximate surface area is 350 Å². The Balaban J connectivity index is 1.08. The Morgan fingerprint density at radius 3 is 2.49 bits per heavy atom. The lowest BCUT2D eigenvalue weighted by Crippen LogP contribution is -2.40. The van der Waals surface area contributed by atoms with Crippen LogP contribution in [0.25, 0.3) is 28.5 Å². The molecular weight excluding hydrogens is 725 g/mol. The summed E-state index contributed by atoms with van der Waals surface area (Å²) < 4.78 is 2.22. The molecule has 0 radical (unpaired) electrons. The van der Waals surface area contributed by atoms with Crippen molar-refractivity contribution in [2.45, 2.75) is 58.8 Å². The quantitative estimate of drug-likeness (QED) is 0.0427. The van der Waals surface area contributed by atoms with E-state index < -0.39 is 0 Å². The van der Waals surface area contributed by atoms with Crippen molar-refractivity contribution in [2.75, 3.05) is 17.7 Å². The molecule has 0 spiro atoms. The van der Waals surface area contributed by atoms with Crippen molar-refractivity contribution in [3.63, 3.8) is 0 Å². The van der Waals surface area contributed by atoms with Gasteiger partial charge in [0.1, 0.15) is 5.82 Å². The second-order valence-electron chi connectivity index (χ2n) is 14.2. The van der Waals surface area contributed by atoms with E-state index in [0.29, 0.717) is 0 Å². The average molecular weight is 781 g/mol. The van der Waals surface area contributed by atoms with Crippen LogP contribution in [0, 0.1) is 6.92 Å². The zero-order valence-corrected chi connectivity index (χ0v) is 34.9. The van der Waals surface area contributed by atoms with E-state index in [1.54, 1.807) is 13.1 Å². The molecule has 3 aromatic heterocycles. The Kier molecular flexibility index (Phi) is 14.6. The molecule has 2 aromatic carbocycles. The molecule has 1 aliphatic rings. The molecule has 6 rings (SSSR count). The Hall–Kier alpha value is -6.77. The fraction of sp³-hybridized carbons (Fsp3) is 0.196. The molecule has 0 fully saturated rings. The van der Waals surface area contributed by atoms with Crippen LogP contribution in [0.2, 0.25) is 0 Å². The van der Waals surface area contributed by atoms with Crippen LogP contribution in [-0.4, -0.2) is 39.5 Å². The van der Waals surface area contributed by atoms with Crippen LogP contribution in [0.15, 0.2) is 176 Å². The van der Waals surface area contributed by atoms with Crippen molar-refractivity contribution in [3.8, 4) is 5.82 Å². The SMILES string of the molecule is C=C/C=C\c1c(C)c2ccccc2n1-c1cccc(/C(=C/C)NC(CC)C(=C)/C=C\C=C\Nc2ccccc2NC2C=CCC(c3cccc(C(/C=C\C)=N/C)n3)N2)n1. The van der Waals surface area contributed by atoms with Crippen LogP contribution in [0.3, 0.4) is 0 Å². The summed E-state index contributed by atoms with van der Waals surface area (Å²) in [6.45, 7) is 16.7. The molecule has 8 heteroatoms. The summed E-state index contributed by atoms with van der Waals surface area (Å²) >= 11 is 0. The molecule has 0 saturated carbocycles. The number of aryl methyl sites for hydroxylation is 1. The highest BCUT2D eigenvalue weighted by atomic mass is 15.2. The molecule has 1 aliphatic heterocycles. The van der Waals surface area contributed by atoms with Gasteiger partial charge < -0.3 is 16.0 Å². The largest absolute Gasteiger partial charge is 0.377 e. The van der Waals surface area contributed by atoms with Crippen molar-refractivity contribution in [2.24, 2.45) is 4.99 Å². The molecular formula is C51H56N8. The van der Waals surface area contributed by atoms with E-state index in [1.807, 2.05) is 74.7 Å². The average Bonchev–Trinajstić information content (AvgIpc) is 3.56. The van der Waals surface area contributed by atoms with Crippen molar-refractivity contribution in [1.29, 1.82) is 0 Å². The van der Waals surface area contributed by atoms with Crippen molar-refractivity contribution >= 4 is 39.8 Å². The monoisotopic (exact) mass is 780 g/mol. The first-order valence-corrected chi connectivity index (χ1v) is 20.3. The number of rotatable bonds is 17. The van der Waals surface area contributed by atoms with Crippen LogP contribution in [-0.2, 0) is 0 Å².